The third kappa shape index (κ3) is 2.72. The second kappa shape index (κ2) is 4.46. The molecular formula is C12H16BrFN2O. The molecule has 0 unspecified atom stereocenters. The van der Waals surface area contributed by atoms with Crippen molar-refractivity contribution in [1.29, 1.82) is 0 Å². The van der Waals surface area contributed by atoms with Gasteiger partial charge in [-0.15, -0.1) is 0 Å². The van der Waals surface area contributed by atoms with Crippen LogP contribution in [0.4, 0.5) is 15.8 Å². The molecule has 0 amide bonds. The lowest BCUT2D eigenvalue weighted by Crippen LogP contribution is -2.42. The minimum atomic E-state index is -0.595. The molecule has 1 fully saturated rings. The number of nitrogens with zero attached hydrogens (tertiary/aromatic N) is 1. The summed E-state index contributed by atoms with van der Waals surface area (Å²) >= 11 is 3.16. The third-order valence-corrected chi connectivity index (χ3v) is 3.86. The Kier molecular flexibility index (Phi) is 3.32. The molecule has 5 heteroatoms. The number of anilines is 2. The van der Waals surface area contributed by atoms with Crippen LogP contribution in [0.3, 0.4) is 0 Å². The number of rotatable bonds is 1. The monoisotopic (exact) mass is 302 g/mol. The Labute approximate surface area is 109 Å². The lowest BCUT2D eigenvalue weighted by atomic mass is 9.93. The van der Waals surface area contributed by atoms with Gasteiger partial charge in [0.15, 0.2) is 0 Å². The first kappa shape index (κ1) is 12.6. The van der Waals surface area contributed by atoms with Crippen LogP contribution in [0.1, 0.15) is 19.8 Å². The summed E-state index contributed by atoms with van der Waals surface area (Å²) in [6, 6.07) is 3.02. The van der Waals surface area contributed by atoms with Crippen LogP contribution in [-0.4, -0.2) is 23.8 Å². The van der Waals surface area contributed by atoms with Crippen LogP contribution in [0.5, 0.6) is 0 Å². The molecule has 94 valence electrons. The van der Waals surface area contributed by atoms with E-state index in [2.05, 4.69) is 20.8 Å². The Balaban J connectivity index is 2.21. The fraction of sp³-hybridized carbons (Fsp3) is 0.500. The average molecular weight is 303 g/mol. The topological polar surface area (TPSA) is 49.5 Å². The summed E-state index contributed by atoms with van der Waals surface area (Å²) in [4.78, 5) is 2.08. The van der Waals surface area contributed by atoms with E-state index in [-0.39, 0.29) is 5.82 Å². The molecule has 0 aliphatic carbocycles. The van der Waals surface area contributed by atoms with Crippen LogP contribution < -0.4 is 10.6 Å². The minimum absolute atomic E-state index is 0.352. The van der Waals surface area contributed by atoms with Gasteiger partial charge in [-0.1, -0.05) is 0 Å². The lowest BCUT2D eigenvalue weighted by molar-refractivity contribution is 0.0351. The molecule has 0 saturated carbocycles. The van der Waals surface area contributed by atoms with Crippen LogP contribution in [0.2, 0.25) is 0 Å². The zero-order chi connectivity index (χ0) is 12.6. The van der Waals surface area contributed by atoms with E-state index in [0.717, 1.165) is 18.8 Å². The number of hydrogen-bond acceptors (Lipinski definition) is 3. The predicted octanol–water partition coefficient (Wildman–Crippen LogP) is 2.52. The van der Waals surface area contributed by atoms with Gasteiger partial charge in [-0.05, 0) is 41.8 Å². The molecule has 1 aliphatic rings. The van der Waals surface area contributed by atoms with Gasteiger partial charge in [0.2, 0.25) is 0 Å². The second-order valence-electron chi connectivity index (χ2n) is 4.81. The maximum atomic E-state index is 13.3. The Bertz CT molecular complexity index is 427. The van der Waals surface area contributed by atoms with E-state index in [1.54, 1.807) is 6.07 Å². The highest BCUT2D eigenvalue weighted by atomic mass is 79.9. The molecule has 2 rings (SSSR count). The Morgan fingerprint density at radius 2 is 2.00 bits per heavy atom. The van der Waals surface area contributed by atoms with Gasteiger partial charge in [-0.25, -0.2) is 4.39 Å². The molecule has 3 nitrogen and oxygen atoms in total. The fourth-order valence-corrected chi connectivity index (χ4v) is 2.39. The zero-order valence-electron chi connectivity index (χ0n) is 9.71. The Hall–Kier alpha value is -0.810. The van der Waals surface area contributed by atoms with Crippen molar-refractivity contribution in [2.24, 2.45) is 0 Å². The first-order valence-electron chi connectivity index (χ1n) is 5.61. The van der Waals surface area contributed by atoms with Crippen molar-refractivity contribution in [3.63, 3.8) is 0 Å². The summed E-state index contributed by atoms with van der Waals surface area (Å²) in [6.45, 7) is 3.30. The molecule has 0 bridgehead atoms. The van der Waals surface area contributed by atoms with Crippen molar-refractivity contribution in [2.45, 2.75) is 25.4 Å². The first-order chi connectivity index (χ1) is 7.89. The SMILES string of the molecule is CC1(O)CCN(c2cc(Br)c(F)cc2N)CC1. The Morgan fingerprint density at radius 1 is 1.41 bits per heavy atom. The van der Waals surface area contributed by atoms with Gasteiger partial charge in [-0.3, -0.25) is 0 Å². The summed E-state index contributed by atoms with van der Waals surface area (Å²) in [7, 11) is 0. The van der Waals surface area contributed by atoms with Crippen molar-refractivity contribution in [2.75, 3.05) is 23.7 Å². The molecule has 0 atom stereocenters. The number of nitrogens with two attached hydrogens (primary N) is 1. The van der Waals surface area contributed by atoms with Crippen LogP contribution >= 0.6 is 15.9 Å². The van der Waals surface area contributed by atoms with Crippen LogP contribution in [0, 0.1) is 5.82 Å². The van der Waals surface area contributed by atoms with Gasteiger partial charge in [0.1, 0.15) is 5.82 Å². The van der Waals surface area contributed by atoms with Crippen molar-refractivity contribution in [3.05, 3.63) is 22.4 Å². The molecule has 0 spiro atoms. The smallest absolute Gasteiger partial charge is 0.139 e. The summed E-state index contributed by atoms with van der Waals surface area (Å²) in [6.07, 6.45) is 1.39. The molecule has 0 radical (unpaired) electrons. The summed E-state index contributed by atoms with van der Waals surface area (Å²) in [5.74, 6) is -0.352. The summed E-state index contributed by atoms with van der Waals surface area (Å²) in [5, 5.41) is 9.88. The quantitative estimate of drug-likeness (QED) is 0.784. The number of hydrogen-bond donors (Lipinski definition) is 2. The van der Waals surface area contributed by atoms with Crippen molar-refractivity contribution < 1.29 is 9.50 Å². The van der Waals surface area contributed by atoms with Gasteiger partial charge >= 0.3 is 0 Å². The average Bonchev–Trinajstić information content (AvgIpc) is 2.24. The van der Waals surface area contributed by atoms with Crippen molar-refractivity contribution in [3.8, 4) is 0 Å². The van der Waals surface area contributed by atoms with Crippen molar-refractivity contribution >= 4 is 27.3 Å². The molecule has 0 aromatic heterocycles. The van der Waals surface area contributed by atoms with Crippen LogP contribution in [0.15, 0.2) is 16.6 Å². The molecule has 3 N–H and O–H groups in total. The number of benzene rings is 1. The van der Waals surface area contributed by atoms with Gasteiger partial charge in [0.25, 0.3) is 0 Å². The number of piperidine rings is 1. The minimum Gasteiger partial charge on any atom is -0.397 e. The van der Waals surface area contributed by atoms with E-state index < -0.39 is 5.60 Å². The zero-order valence-corrected chi connectivity index (χ0v) is 11.3. The second-order valence-corrected chi connectivity index (χ2v) is 5.66. The fourth-order valence-electron chi connectivity index (χ4n) is 2.05. The maximum Gasteiger partial charge on any atom is 0.139 e. The van der Waals surface area contributed by atoms with Gasteiger partial charge in [-0.2, -0.15) is 0 Å². The van der Waals surface area contributed by atoms with E-state index in [4.69, 9.17) is 5.73 Å². The van der Waals surface area contributed by atoms with Crippen LogP contribution in [0.25, 0.3) is 0 Å². The molecule has 17 heavy (non-hydrogen) atoms. The summed E-state index contributed by atoms with van der Waals surface area (Å²) < 4.78 is 13.7. The highest BCUT2D eigenvalue weighted by Crippen LogP contribution is 2.33. The highest BCUT2D eigenvalue weighted by molar-refractivity contribution is 9.10. The van der Waals surface area contributed by atoms with E-state index in [1.165, 1.54) is 6.07 Å². The Morgan fingerprint density at radius 3 is 2.59 bits per heavy atom. The molecule has 1 aromatic rings. The van der Waals surface area contributed by atoms with E-state index in [0.29, 0.717) is 23.0 Å². The van der Waals surface area contributed by atoms with Gasteiger partial charge in [0, 0.05) is 19.2 Å². The highest BCUT2D eigenvalue weighted by Gasteiger charge is 2.28. The maximum absolute atomic E-state index is 13.3. The molecule has 1 saturated heterocycles. The molecule has 1 aromatic carbocycles. The number of aliphatic hydroxyl groups is 1. The van der Waals surface area contributed by atoms with Crippen LogP contribution in [-0.2, 0) is 0 Å². The van der Waals surface area contributed by atoms with E-state index in [9.17, 15) is 9.50 Å². The summed E-state index contributed by atoms with van der Waals surface area (Å²) in [5.41, 5.74) is 6.49. The van der Waals surface area contributed by atoms with Gasteiger partial charge < -0.3 is 15.7 Å². The van der Waals surface area contributed by atoms with E-state index >= 15 is 0 Å². The van der Waals surface area contributed by atoms with Gasteiger partial charge in [0.05, 0.1) is 21.4 Å². The molecule has 1 aliphatic heterocycles. The number of nitrogen functional groups attached to an aromatic ring is 1. The van der Waals surface area contributed by atoms with Crippen molar-refractivity contribution in [1.82, 2.24) is 0 Å². The predicted molar refractivity (Wildman–Crippen MR) is 70.6 cm³/mol. The largest absolute Gasteiger partial charge is 0.397 e. The molecule has 1 heterocycles. The first-order valence-corrected chi connectivity index (χ1v) is 6.40. The van der Waals surface area contributed by atoms with E-state index in [1.807, 2.05) is 6.92 Å². The number of halogens is 2. The lowest BCUT2D eigenvalue weighted by Gasteiger charge is -2.37. The third-order valence-electron chi connectivity index (χ3n) is 3.25. The molecular weight excluding hydrogens is 287 g/mol. The normalized spacial score (nSPS) is 19.4. The standard InChI is InChI=1S/C12H16BrFN2O/c1-12(17)2-4-16(5-3-12)11-6-8(13)9(14)7-10(11)15/h6-7,17H,2-5,15H2,1H3.